The number of hydrogen-bond donors (Lipinski definition) is 1. The second-order valence-corrected chi connectivity index (χ2v) is 4.82. The molecule has 7 heteroatoms. The summed E-state index contributed by atoms with van der Waals surface area (Å²) in [5.41, 5.74) is -0.965. The monoisotopic (exact) mass is 285 g/mol. The van der Waals surface area contributed by atoms with Gasteiger partial charge in [-0.25, -0.2) is 22.0 Å². The molecule has 1 rings (SSSR count). The number of nitrogens with one attached hydrogen (secondary N) is 1. The van der Waals surface area contributed by atoms with Crippen molar-refractivity contribution < 1.29 is 22.0 Å². The normalized spacial score (nSPS) is 10.8. The van der Waals surface area contributed by atoms with Crippen molar-refractivity contribution >= 4 is 17.4 Å². The Bertz CT molecular complexity index is 395. The number of thioether (sulfide) groups is 1. The minimum atomic E-state index is -2.14. The molecule has 0 saturated heterocycles. The second kappa shape index (κ2) is 6.82. The lowest BCUT2D eigenvalue weighted by molar-refractivity contribution is 0.381. The van der Waals surface area contributed by atoms with Crippen LogP contribution in [-0.2, 0) is 0 Å². The van der Waals surface area contributed by atoms with Crippen molar-refractivity contribution in [1.82, 2.24) is 0 Å². The molecule has 1 nitrogen and oxygen atoms in total. The van der Waals surface area contributed by atoms with E-state index < -0.39 is 34.8 Å². The van der Waals surface area contributed by atoms with E-state index in [0.717, 1.165) is 11.5 Å². The third-order valence-corrected chi connectivity index (χ3v) is 3.17. The van der Waals surface area contributed by atoms with Gasteiger partial charge in [-0.15, -0.1) is 0 Å². The molecule has 1 aromatic rings. The van der Waals surface area contributed by atoms with E-state index in [9.17, 15) is 22.0 Å². The van der Waals surface area contributed by atoms with Crippen LogP contribution in [0.4, 0.5) is 27.6 Å². The van der Waals surface area contributed by atoms with Crippen molar-refractivity contribution in [2.75, 3.05) is 23.4 Å². The molecule has 0 unspecified atom stereocenters. The summed E-state index contributed by atoms with van der Waals surface area (Å²) in [6, 6.07) is 0. The van der Waals surface area contributed by atoms with E-state index in [0.29, 0.717) is 6.42 Å². The predicted octanol–water partition coefficient (Wildman–Crippen LogP) is 3.94. The summed E-state index contributed by atoms with van der Waals surface area (Å²) in [4.78, 5) is 0. The molecule has 1 N–H and O–H groups in total. The van der Waals surface area contributed by atoms with Crippen LogP contribution in [0.15, 0.2) is 0 Å². The highest BCUT2D eigenvalue weighted by Crippen LogP contribution is 2.26. The zero-order valence-corrected chi connectivity index (χ0v) is 10.4. The molecule has 0 amide bonds. The first kappa shape index (κ1) is 15.1. The summed E-state index contributed by atoms with van der Waals surface area (Å²) in [5.74, 6) is -8.00. The quantitative estimate of drug-likeness (QED) is 0.368. The predicted molar refractivity (Wildman–Crippen MR) is 62.3 cm³/mol. The van der Waals surface area contributed by atoms with E-state index in [4.69, 9.17) is 0 Å². The van der Waals surface area contributed by atoms with Crippen molar-refractivity contribution in [2.24, 2.45) is 0 Å². The molecule has 0 saturated carbocycles. The first-order valence-corrected chi connectivity index (χ1v) is 6.49. The minimum Gasteiger partial charge on any atom is -0.380 e. The molecule has 0 spiro atoms. The molecule has 0 aliphatic carbocycles. The molecule has 0 aliphatic rings. The van der Waals surface area contributed by atoms with Crippen LogP contribution >= 0.6 is 11.8 Å². The highest BCUT2D eigenvalue weighted by Gasteiger charge is 2.25. The summed E-state index contributed by atoms with van der Waals surface area (Å²) in [6.07, 6.45) is 0.567. The zero-order valence-electron chi connectivity index (χ0n) is 9.63. The van der Waals surface area contributed by atoms with Gasteiger partial charge in [0.05, 0.1) is 0 Å². The number of halogens is 5. The molecule has 1 aromatic carbocycles. The average molecular weight is 285 g/mol. The Morgan fingerprint density at radius 1 is 0.889 bits per heavy atom. The molecule has 0 fully saturated rings. The molecular weight excluding hydrogens is 273 g/mol. The Balaban J connectivity index is 2.77. The maximum Gasteiger partial charge on any atom is 0.200 e. The van der Waals surface area contributed by atoms with Crippen molar-refractivity contribution in [3.63, 3.8) is 0 Å². The van der Waals surface area contributed by atoms with Gasteiger partial charge in [-0.3, -0.25) is 0 Å². The largest absolute Gasteiger partial charge is 0.380 e. The van der Waals surface area contributed by atoms with Gasteiger partial charge in [0, 0.05) is 6.54 Å². The van der Waals surface area contributed by atoms with Crippen LogP contribution in [0.2, 0.25) is 0 Å². The fraction of sp³-hybridized carbons (Fsp3) is 0.455. The fourth-order valence-electron chi connectivity index (χ4n) is 1.29. The van der Waals surface area contributed by atoms with Gasteiger partial charge in [0.2, 0.25) is 5.82 Å². The number of hydrogen-bond acceptors (Lipinski definition) is 2. The van der Waals surface area contributed by atoms with Gasteiger partial charge in [-0.05, 0) is 17.9 Å². The SMILES string of the molecule is CCSCCCNc1c(F)c(F)c(F)c(F)c1F. The van der Waals surface area contributed by atoms with Gasteiger partial charge in [-0.1, -0.05) is 6.92 Å². The highest BCUT2D eigenvalue weighted by molar-refractivity contribution is 7.99. The Kier molecular flexibility index (Phi) is 5.71. The van der Waals surface area contributed by atoms with Gasteiger partial charge in [-0.2, -0.15) is 11.8 Å². The van der Waals surface area contributed by atoms with Gasteiger partial charge < -0.3 is 5.32 Å². The van der Waals surface area contributed by atoms with Crippen LogP contribution in [0.5, 0.6) is 0 Å². The maximum atomic E-state index is 13.2. The minimum absolute atomic E-state index is 0.144. The number of anilines is 1. The van der Waals surface area contributed by atoms with E-state index in [1.165, 1.54) is 0 Å². The molecule has 0 aliphatic heterocycles. The summed E-state index contributed by atoms with van der Waals surface area (Å²) < 4.78 is 64.8. The van der Waals surface area contributed by atoms with Crippen molar-refractivity contribution in [2.45, 2.75) is 13.3 Å². The Labute approximate surface area is 106 Å². The Morgan fingerprint density at radius 3 is 1.89 bits per heavy atom. The van der Waals surface area contributed by atoms with Crippen LogP contribution in [0.25, 0.3) is 0 Å². The second-order valence-electron chi connectivity index (χ2n) is 3.42. The molecule has 0 atom stereocenters. The highest BCUT2D eigenvalue weighted by atomic mass is 32.2. The third kappa shape index (κ3) is 3.28. The summed E-state index contributed by atoms with van der Waals surface area (Å²) >= 11 is 1.62. The molecule has 0 bridgehead atoms. The topological polar surface area (TPSA) is 12.0 Å². The maximum absolute atomic E-state index is 13.2. The Morgan fingerprint density at radius 2 is 1.39 bits per heavy atom. The summed E-state index contributed by atoms with van der Waals surface area (Å²) in [6.45, 7) is 2.10. The van der Waals surface area contributed by atoms with Crippen LogP contribution < -0.4 is 5.32 Å². The van der Waals surface area contributed by atoms with Crippen molar-refractivity contribution in [1.29, 1.82) is 0 Å². The molecule has 0 radical (unpaired) electrons. The average Bonchev–Trinajstić information content (AvgIpc) is 2.37. The first-order chi connectivity index (χ1) is 8.50. The number of rotatable bonds is 6. The lowest BCUT2D eigenvalue weighted by Gasteiger charge is -2.10. The van der Waals surface area contributed by atoms with Gasteiger partial charge in [0.15, 0.2) is 23.3 Å². The number of benzene rings is 1. The summed E-state index contributed by atoms with van der Waals surface area (Å²) in [5, 5.41) is 2.24. The van der Waals surface area contributed by atoms with Gasteiger partial charge in [0.25, 0.3) is 0 Å². The van der Waals surface area contributed by atoms with Crippen LogP contribution in [0.1, 0.15) is 13.3 Å². The lowest BCUT2D eigenvalue weighted by atomic mass is 10.2. The Hall–Kier alpha value is -0.980. The van der Waals surface area contributed by atoms with Crippen LogP contribution in [-0.4, -0.2) is 18.1 Å². The van der Waals surface area contributed by atoms with Gasteiger partial charge >= 0.3 is 0 Å². The van der Waals surface area contributed by atoms with Crippen molar-refractivity contribution in [3.8, 4) is 0 Å². The molecule has 0 aromatic heterocycles. The fourth-order valence-corrected chi connectivity index (χ4v) is 1.93. The van der Waals surface area contributed by atoms with E-state index in [2.05, 4.69) is 5.32 Å². The van der Waals surface area contributed by atoms with Crippen molar-refractivity contribution in [3.05, 3.63) is 29.1 Å². The van der Waals surface area contributed by atoms with E-state index >= 15 is 0 Å². The zero-order chi connectivity index (χ0) is 13.7. The molecule has 0 heterocycles. The molecule has 18 heavy (non-hydrogen) atoms. The third-order valence-electron chi connectivity index (χ3n) is 2.18. The van der Waals surface area contributed by atoms with Crippen LogP contribution in [0.3, 0.4) is 0 Å². The first-order valence-electron chi connectivity index (χ1n) is 5.33. The van der Waals surface area contributed by atoms with E-state index in [1.54, 1.807) is 11.8 Å². The lowest BCUT2D eigenvalue weighted by Crippen LogP contribution is -2.11. The van der Waals surface area contributed by atoms with Crippen LogP contribution in [0, 0.1) is 29.1 Å². The summed E-state index contributed by atoms with van der Waals surface area (Å²) in [7, 11) is 0. The van der Waals surface area contributed by atoms with E-state index in [1.807, 2.05) is 6.92 Å². The standard InChI is InChI=1S/C11H12F5NS/c1-2-18-5-3-4-17-11-9(15)7(13)6(12)8(14)10(11)16/h17H,2-5H2,1H3. The smallest absolute Gasteiger partial charge is 0.200 e. The van der Waals surface area contributed by atoms with Gasteiger partial charge in [0.1, 0.15) is 5.69 Å². The molecular formula is C11H12F5NS. The molecule has 102 valence electrons. The van der Waals surface area contributed by atoms with E-state index in [-0.39, 0.29) is 6.54 Å².